The van der Waals surface area contributed by atoms with Gasteiger partial charge in [-0.1, -0.05) is 36.4 Å². The first-order valence-corrected chi connectivity index (χ1v) is 10.4. The van der Waals surface area contributed by atoms with Crippen LogP contribution in [0.25, 0.3) is 0 Å². The minimum absolute atomic E-state index is 0.0503. The highest BCUT2D eigenvalue weighted by Gasteiger charge is 2.38. The number of hydrogen-bond acceptors (Lipinski definition) is 3. The summed E-state index contributed by atoms with van der Waals surface area (Å²) in [5.41, 5.74) is 4.58. The third kappa shape index (κ3) is 4.35. The molecule has 1 unspecified atom stereocenters. The van der Waals surface area contributed by atoms with Crippen LogP contribution >= 0.6 is 0 Å². The molecule has 0 spiro atoms. The summed E-state index contributed by atoms with van der Waals surface area (Å²) < 4.78 is 0. The largest absolute Gasteiger partial charge is 0.340 e. The lowest BCUT2D eigenvalue weighted by Gasteiger charge is -2.36. The van der Waals surface area contributed by atoms with E-state index in [1.54, 1.807) is 4.90 Å². The fourth-order valence-corrected chi connectivity index (χ4v) is 4.24. The van der Waals surface area contributed by atoms with E-state index in [2.05, 4.69) is 43.0 Å². The van der Waals surface area contributed by atoms with Crippen molar-refractivity contribution < 1.29 is 9.59 Å². The number of amides is 2. The summed E-state index contributed by atoms with van der Waals surface area (Å²) in [6.45, 7) is 8.76. The topological polar surface area (TPSA) is 43.9 Å². The number of hydrogen-bond donors (Lipinski definition) is 0. The minimum atomic E-state index is -0.232. The zero-order valence-electron chi connectivity index (χ0n) is 17.3. The van der Waals surface area contributed by atoms with Crippen LogP contribution in [0.1, 0.15) is 23.1 Å². The number of piperazine rings is 1. The zero-order valence-corrected chi connectivity index (χ0v) is 17.3. The molecule has 0 aromatic heterocycles. The smallest absolute Gasteiger partial charge is 0.228 e. The molecule has 152 valence electrons. The van der Waals surface area contributed by atoms with E-state index in [4.69, 9.17) is 0 Å². The van der Waals surface area contributed by atoms with Gasteiger partial charge in [0.05, 0.1) is 5.92 Å². The average molecular weight is 392 g/mol. The third-order valence-electron chi connectivity index (χ3n) is 6.21. The van der Waals surface area contributed by atoms with Gasteiger partial charge in [-0.25, -0.2) is 0 Å². The molecule has 5 nitrogen and oxygen atoms in total. The maximum atomic E-state index is 13.0. The van der Waals surface area contributed by atoms with Gasteiger partial charge in [0.25, 0.3) is 0 Å². The lowest BCUT2D eigenvalue weighted by molar-refractivity contribution is -0.137. The number of aryl methyl sites for hydroxylation is 2. The van der Waals surface area contributed by atoms with Crippen molar-refractivity contribution in [3.05, 3.63) is 65.2 Å². The molecular formula is C24H29N3O2. The van der Waals surface area contributed by atoms with Crippen LogP contribution in [0.5, 0.6) is 0 Å². The Morgan fingerprint density at radius 3 is 2.38 bits per heavy atom. The van der Waals surface area contributed by atoms with Crippen molar-refractivity contribution in [3.8, 4) is 0 Å². The first-order chi connectivity index (χ1) is 14.0. The fraction of sp³-hybridized carbons (Fsp3) is 0.417. The molecule has 2 fully saturated rings. The zero-order chi connectivity index (χ0) is 20.4. The fourth-order valence-electron chi connectivity index (χ4n) is 4.24. The van der Waals surface area contributed by atoms with Gasteiger partial charge >= 0.3 is 0 Å². The Morgan fingerprint density at radius 1 is 0.966 bits per heavy atom. The summed E-state index contributed by atoms with van der Waals surface area (Å²) in [6, 6.07) is 16.5. The van der Waals surface area contributed by atoms with Crippen LogP contribution in [0.2, 0.25) is 0 Å². The molecule has 1 atom stereocenters. The Bertz CT molecular complexity index is 888. The van der Waals surface area contributed by atoms with Crippen molar-refractivity contribution in [1.29, 1.82) is 0 Å². The first-order valence-electron chi connectivity index (χ1n) is 10.4. The molecule has 2 amide bonds. The van der Waals surface area contributed by atoms with E-state index >= 15 is 0 Å². The molecular weight excluding hydrogens is 362 g/mol. The van der Waals surface area contributed by atoms with Gasteiger partial charge < -0.3 is 9.80 Å². The number of nitrogens with zero attached hydrogens (tertiary/aromatic N) is 3. The second kappa shape index (κ2) is 8.37. The summed E-state index contributed by atoms with van der Waals surface area (Å²) in [5.74, 6) is -0.0526. The van der Waals surface area contributed by atoms with Gasteiger partial charge in [0.2, 0.25) is 11.8 Å². The predicted octanol–water partition coefficient (Wildman–Crippen LogP) is 3.00. The van der Waals surface area contributed by atoms with Gasteiger partial charge in [-0.2, -0.15) is 0 Å². The van der Waals surface area contributed by atoms with Crippen LogP contribution < -0.4 is 4.90 Å². The molecule has 29 heavy (non-hydrogen) atoms. The molecule has 2 aromatic carbocycles. The highest BCUT2D eigenvalue weighted by molar-refractivity contribution is 6.00. The van der Waals surface area contributed by atoms with Crippen LogP contribution in [0.4, 0.5) is 5.69 Å². The number of carbonyl (C=O) groups excluding carboxylic acids is 2. The Labute approximate surface area is 172 Å². The van der Waals surface area contributed by atoms with Crippen LogP contribution in [0.15, 0.2) is 48.5 Å². The van der Waals surface area contributed by atoms with Gasteiger partial charge in [-0.3, -0.25) is 14.5 Å². The molecule has 2 aliphatic rings. The summed E-state index contributed by atoms with van der Waals surface area (Å²) >= 11 is 0. The summed E-state index contributed by atoms with van der Waals surface area (Å²) in [4.78, 5) is 31.7. The van der Waals surface area contributed by atoms with Crippen LogP contribution in [0, 0.1) is 19.8 Å². The average Bonchev–Trinajstić information content (AvgIpc) is 3.12. The summed E-state index contributed by atoms with van der Waals surface area (Å²) in [5, 5.41) is 0. The second-order valence-electron chi connectivity index (χ2n) is 8.26. The van der Waals surface area contributed by atoms with Gasteiger partial charge in [-0.15, -0.1) is 0 Å². The van der Waals surface area contributed by atoms with Crippen LogP contribution in [-0.2, 0) is 16.1 Å². The number of benzene rings is 2. The molecule has 0 saturated carbocycles. The van der Waals surface area contributed by atoms with Crippen LogP contribution in [0.3, 0.4) is 0 Å². The Kier molecular flexibility index (Phi) is 5.67. The highest BCUT2D eigenvalue weighted by atomic mass is 16.2. The van der Waals surface area contributed by atoms with Crippen molar-refractivity contribution in [2.45, 2.75) is 26.8 Å². The normalized spacial score (nSPS) is 20.3. The minimum Gasteiger partial charge on any atom is -0.340 e. The highest BCUT2D eigenvalue weighted by Crippen LogP contribution is 2.28. The summed E-state index contributed by atoms with van der Waals surface area (Å²) in [7, 11) is 0. The van der Waals surface area contributed by atoms with E-state index in [0.29, 0.717) is 13.0 Å². The standard InChI is InChI=1S/C24H29N3O2/c1-18-8-9-22(14-19(18)2)27-17-21(15-23(27)28)24(29)26-12-10-25(11-13-26)16-20-6-4-3-5-7-20/h3-9,14,21H,10-13,15-17H2,1-2H3. The molecule has 2 heterocycles. The van der Waals surface area contributed by atoms with E-state index in [0.717, 1.165) is 38.4 Å². The lowest BCUT2D eigenvalue weighted by Crippen LogP contribution is -2.50. The van der Waals surface area contributed by atoms with E-state index in [1.165, 1.54) is 16.7 Å². The third-order valence-corrected chi connectivity index (χ3v) is 6.21. The van der Waals surface area contributed by atoms with E-state index in [1.807, 2.05) is 29.2 Å². The SMILES string of the molecule is Cc1ccc(N2CC(C(=O)N3CCN(Cc4ccccc4)CC3)CC2=O)cc1C. The molecule has 0 radical (unpaired) electrons. The molecule has 0 aliphatic carbocycles. The van der Waals surface area contributed by atoms with Crippen molar-refractivity contribution in [2.24, 2.45) is 5.92 Å². The molecule has 4 rings (SSSR count). The molecule has 2 saturated heterocycles. The Morgan fingerprint density at radius 2 is 1.69 bits per heavy atom. The van der Waals surface area contributed by atoms with Crippen molar-refractivity contribution in [1.82, 2.24) is 9.80 Å². The van der Waals surface area contributed by atoms with Gasteiger partial charge in [-0.05, 0) is 42.7 Å². The predicted molar refractivity (Wildman–Crippen MR) is 115 cm³/mol. The van der Waals surface area contributed by atoms with Gasteiger partial charge in [0.1, 0.15) is 0 Å². The molecule has 0 N–H and O–H groups in total. The van der Waals surface area contributed by atoms with Crippen LogP contribution in [-0.4, -0.2) is 54.3 Å². The second-order valence-corrected chi connectivity index (χ2v) is 8.26. The van der Waals surface area contributed by atoms with Crippen molar-refractivity contribution >= 4 is 17.5 Å². The number of carbonyl (C=O) groups is 2. The maximum Gasteiger partial charge on any atom is 0.228 e. The van der Waals surface area contributed by atoms with E-state index in [9.17, 15) is 9.59 Å². The molecule has 5 heteroatoms. The molecule has 2 aromatic rings. The molecule has 2 aliphatic heterocycles. The Balaban J connectivity index is 1.33. The molecule has 0 bridgehead atoms. The number of rotatable bonds is 4. The van der Waals surface area contributed by atoms with Crippen molar-refractivity contribution in [2.75, 3.05) is 37.6 Å². The quantitative estimate of drug-likeness (QED) is 0.805. The summed E-state index contributed by atoms with van der Waals surface area (Å²) in [6.07, 6.45) is 0.315. The maximum absolute atomic E-state index is 13.0. The number of anilines is 1. The van der Waals surface area contributed by atoms with E-state index in [-0.39, 0.29) is 17.7 Å². The monoisotopic (exact) mass is 391 g/mol. The Hall–Kier alpha value is -2.66. The van der Waals surface area contributed by atoms with Gasteiger partial charge in [0.15, 0.2) is 0 Å². The van der Waals surface area contributed by atoms with Crippen molar-refractivity contribution in [3.63, 3.8) is 0 Å². The van der Waals surface area contributed by atoms with Gasteiger partial charge in [0, 0.05) is 51.4 Å². The van der Waals surface area contributed by atoms with E-state index < -0.39 is 0 Å². The lowest BCUT2D eigenvalue weighted by atomic mass is 10.1. The first kappa shape index (κ1) is 19.6.